The molecule has 31 heavy (non-hydrogen) atoms. The molecule has 0 aliphatic rings. The summed E-state index contributed by atoms with van der Waals surface area (Å²) in [6.07, 6.45) is 4.93. The van der Waals surface area contributed by atoms with Crippen molar-refractivity contribution in [3.8, 4) is 11.5 Å². The van der Waals surface area contributed by atoms with Crippen LogP contribution < -0.4 is 20.1 Å². The molecule has 0 spiro atoms. The van der Waals surface area contributed by atoms with E-state index in [1.54, 1.807) is 14.2 Å². The lowest BCUT2D eigenvalue weighted by molar-refractivity contribution is 0.253. The van der Waals surface area contributed by atoms with Crippen molar-refractivity contribution in [3.05, 3.63) is 23.9 Å². The summed E-state index contributed by atoms with van der Waals surface area (Å²) in [7, 11) is 3.34. The number of methoxy groups -OCH3 is 2. The second kappa shape index (κ2) is 15.2. The molecule has 0 fully saturated rings. The summed E-state index contributed by atoms with van der Waals surface area (Å²) < 4.78 is 10.8. The monoisotopic (exact) mass is 546 g/mol. The summed E-state index contributed by atoms with van der Waals surface area (Å²) in [4.78, 5) is 8.19. The quantitative estimate of drug-likeness (QED) is 0.132. The first-order valence-corrected chi connectivity index (χ1v) is 11.0. The third-order valence-electron chi connectivity index (χ3n) is 5.19. The average Bonchev–Trinajstić information content (AvgIpc) is 3.17. The summed E-state index contributed by atoms with van der Waals surface area (Å²) in [5.41, 5.74) is 2.20. The van der Waals surface area contributed by atoms with Gasteiger partial charge in [0.1, 0.15) is 11.5 Å². The van der Waals surface area contributed by atoms with Gasteiger partial charge in [0.2, 0.25) is 0 Å². The number of aryl methyl sites for hydroxylation is 1. The lowest BCUT2D eigenvalue weighted by atomic mass is 10.0. The average molecular weight is 546 g/mol. The van der Waals surface area contributed by atoms with Crippen LogP contribution in [0.4, 0.5) is 0 Å². The van der Waals surface area contributed by atoms with Gasteiger partial charge in [-0.15, -0.1) is 24.0 Å². The van der Waals surface area contributed by atoms with Crippen LogP contribution in [0.15, 0.2) is 23.2 Å². The number of aromatic amines is 1. The Kier molecular flexibility index (Phi) is 13.4. The number of halogens is 1. The predicted molar refractivity (Wildman–Crippen MR) is 139 cm³/mol. The van der Waals surface area contributed by atoms with E-state index in [9.17, 15) is 5.11 Å². The van der Waals surface area contributed by atoms with Crippen molar-refractivity contribution >= 4 is 40.8 Å². The van der Waals surface area contributed by atoms with Gasteiger partial charge >= 0.3 is 0 Å². The zero-order chi connectivity index (χ0) is 21.8. The Morgan fingerprint density at radius 3 is 2.58 bits per heavy atom. The van der Waals surface area contributed by atoms with Crippen LogP contribution in [0, 0.1) is 5.92 Å². The molecule has 0 aliphatic heterocycles. The number of ether oxygens (including phenoxy) is 2. The lowest BCUT2D eigenvalue weighted by Gasteiger charge is -2.15. The second-order valence-electron chi connectivity index (χ2n) is 7.50. The zero-order valence-corrected chi connectivity index (χ0v) is 21.6. The number of guanidine groups is 1. The number of nitrogens with one attached hydrogen (secondary N) is 3. The summed E-state index contributed by atoms with van der Waals surface area (Å²) in [5, 5.41) is 17.0. The lowest BCUT2D eigenvalue weighted by Crippen LogP contribution is -2.38. The Labute approximate surface area is 203 Å². The maximum atomic E-state index is 9.23. The molecule has 1 aromatic carbocycles. The van der Waals surface area contributed by atoms with Crippen LogP contribution >= 0.6 is 24.0 Å². The minimum Gasteiger partial charge on any atom is -0.497 e. The van der Waals surface area contributed by atoms with Crippen molar-refractivity contribution in [1.82, 2.24) is 15.6 Å². The molecule has 8 heteroatoms. The SMILES string of the molecule is CCCC(CCO)CN=C(NCC)NCCCc1cc2c(OC)cc(OC)cc2[nH]1.I. The maximum Gasteiger partial charge on any atom is 0.191 e. The summed E-state index contributed by atoms with van der Waals surface area (Å²) >= 11 is 0. The standard InChI is InChI=1S/C23H38N4O3.HI/c1-5-8-17(10-12-28)16-26-23(24-6-2)25-11-7-9-18-13-20-21(27-18)14-19(29-3)15-22(20)30-4;/h13-15,17,27-28H,5-12,16H2,1-4H3,(H2,24,25,26);1H. The van der Waals surface area contributed by atoms with Gasteiger partial charge in [0.05, 0.1) is 19.7 Å². The number of aliphatic imine (C=N–C) groups is 1. The van der Waals surface area contributed by atoms with Gasteiger partial charge in [0.25, 0.3) is 0 Å². The summed E-state index contributed by atoms with van der Waals surface area (Å²) in [6.45, 7) is 6.88. The minimum atomic E-state index is 0. The van der Waals surface area contributed by atoms with E-state index in [2.05, 4.69) is 35.5 Å². The third-order valence-corrected chi connectivity index (χ3v) is 5.19. The van der Waals surface area contributed by atoms with Gasteiger partial charge in [-0.25, -0.2) is 0 Å². The van der Waals surface area contributed by atoms with Gasteiger partial charge in [-0.2, -0.15) is 0 Å². The molecule has 0 bridgehead atoms. The molecule has 0 radical (unpaired) electrons. The molecule has 1 heterocycles. The molecular formula is C23H39IN4O3. The van der Waals surface area contributed by atoms with E-state index in [4.69, 9.17) is 14.5 Å². The van der Waals surface area contributed by atoms with Crippen molar-refractivity contribution in [2.75, 3.05) is 40.5 Å². The highest BCUT2D eigenvalue weighted by molar-refractivity contribution is 14.0. The number of fused-ring (bicyclic) bond motifs is 1. The van der Waals surface area contributed by atoms with Crippen LogP contribution in [0.5, 0.6) is 11.5 Å². The van der Waals surface area contributed by atoms with Gasteiger partial charge in [-0.3, -0.25) is 4.99 Å². The molecule has 0 saturated carbocycles. The molecule has 0 aliphatic carbocycles. The first kappa shape index (κ1) is 27.4. The highest BCUT2D eigenvalue weighted by Crippen LogP contribution is 2.31. The largest absolute Gasteiger partial charge is 0.497 e. The van der Waals surface area contributed by atoms with E-state index < -0.39 is 0 Å². The van der Waals surface area contributed by atoms with Crippen LogP contribution in [0.25, 0.3) is 10.9 Å². The number of nitrogens with zero attached hydrogens (tertiary/aromatic N) is 1. The number of benzene rings is 1. The second-order valence-corrected chi connectivity index (χ2v) is 7.50. The number of H-pyrrole nitrogens is 1. The van der Waals surface area contributed by atoms with Crippen LogP contribution in [-0.4, -0.2) is 56.5 Å². The molecule has 0 saturated heterocycles. The van der Waals surface area contributed by atoms with Crippen molar-refractivity contribution in [1.29, 1.82) is 0 Å². The number of rotatable bonds is 13. The van der Waals surface area contributed by atoms with Gasteiger partial charge in [-0.05, 0) is 44.6 Å². The Balaban J connectivity index is 0.00000480. The first-order valence-electron chi connectivity index (χ1n) is 11.0. The van der Waals surface area contributed by atoms with E-state index in [0.29, 0.717) is 5.92 Å². The minimum absolute atomic E-state index is 0. The predicted octanol–water partition coefficient (Wildman–Crippen LogP) is 4.09. The van der Waals surface area contributed by atoms with Crippen molar-refractivity contribution < 1.29 is 14.6 Å². The molecule has 2 rings (SSSR count). The molecule has 4 N–H and O–H groups in total. The van der Waals surface area contributed by atoms with Gasteiger partial charge in [0.15, 0.2) is 5.96 Å². The van der Waals surface area contributed by atoms with Gasteiger partial charge < -0.3 is 30.2 Å². The molecular weight excluding hydrogens is 507 g/mol. The molecule has 0 amide bonds. The topological polar surface area (TPSA) is 90.9 Å². The zero-order valence-electron chi connectivity index (χ0n) is 19.3. The van der Waals surface area contributed by atoms with E-state index in [-0.39, 0.29) is 30.6 Å². The van der Waals surface area contributed by atoms with Crippen LogP contribution in [0.2, 0.25) is 0 Å². The number of aromatic nitrogens is 1. The van der Waals surface area contributed by atoms with Gasteiger partial charge in [0, 0.05) is 49.5 Å². The molecule has 2 aromatic rings. The number of hydrogen-bond donors (Lipinski definition) is 4. The number of aliphatic hydroxyl groups is 1. The third kappa shape index (κ3) is 8.76. The Morgan fingerprint density at radius 1 is 1.13 bits per heavy atom. The van der Waals surface area contributed by atoms with E-state index in [1.807, 2.05) is 12.1 Å². The fourth-order valence-corrected chi connectivity index (χ4v) is 3.62. The Bertz CT molecular complexity index is 788. The molecule has 1 aromatic heterocycles. The van der Waals surface area contributed by atoms with Crippen molar-refractivity contribution in [2.24, 2.45) is 10.9 Å². The maximum absolute atomic E-state index is 9.23. The molecule has 7 nitrogen and oxygen atoms in total. The normalized spacial score (nSPS) is 12.4. The Hall–Kier alpha value is -1.68. The molecule has 1 unspecified atom stereocenters. The van der Waals surface area contributed by atoms with Crippen LogP contribution in [0.3, 0.4) is 0 Å². The summed E-state index contributed by atoms with van der Waals surface area (Å²) in [5.74, 6) is 2.88. The van der Waals surface area contributed by atoms with Gasteiger partial charge in [-0.1, -0.05) is 13.3 Å². The van der Waals surface area contributed by atoms with Crippen LogP contribution in [0.1, 0.15) is 45.2 Å². The first-order chi connectivity index (χ1) is 14.6. The molecule has 1 atom stereocenters. The highest BCUT2D eigenvalue weighted by Gasteiger charge is 2.10. The van der Waals surface area contributed by atoms with E-state index in [1.165, 1.54) is 5.69 Å². The smallest absolute Gasteiger partial charge is 0.191 e. The Morgan fingerprint density at radius 2 is 1.94 bits per heavy atom. The molecule has 176 valence electrons. The van der Waals surface area contributed by atoms with E-state index >= 15 is 0 Å². The van der Waals surface area contributed by atoms with Crippen molar-refractivity contribution in [2.45, 2.75) is 46.0 Å². The fourth-order valence-electron chi connectivity index (χ4n) is 3.62. The fraction of sp³-hybridized carbons (Fsp3) is 0.609. The number of aliphatic hydroxyl groups excluding tert-OH is 1. The highest BCUT2D eigenvalue weighted by atomic mass is 127. The van der Waals surface area contributed by atoms with Crippen LogP contribution in [-0.2, 0) is 6.42 Å². The van der Waals surface area contributed by atoms with E-state index in [0.717, 1.165) is 80.1 Å². The van der Waals surface area contributed by atoms with Crippen molar-refractivity contribution in [3.63, 3.8) is 0 Å². The number of hydrogen-bond acceptors (Lipinski definition) is 4. The summed E-state index contributed by atoms with van der Waals surface area (Å²) in [6, 6.07) is 6.05.